The standard InChI is InChI=1S/C5H2Cl4O3/c6-2(4(11)12)1-3(10)5(7,8)9/h1H,(H,11,12). The molecule has 0 saturated carbocycles. The van der Waals surface area contributed by atoms with Crippen LogP contribution in [0.25, 0.3) is 0 Å². The lowest BCUT2D eigenvalue weighted by Crippen LogP contribution is -2.16. The molecular weight excluding hydrogens is 250 g/mol. The Kier molecular flexibility index (Phi) is 4.34. The fraction of sp³-hybridized carbons (Fsp3) is 0.200. The first-order chi connectivity index (χ1) is 5.25. The summed E-state index contributed by atoms with van der Waals surface area (Å²) in [7, 11) is 0. The Morgan fingerprint density at radius 2 is 1.67 bits per heavy atom. The minimum atomic E-state index is -2.17. The highest BCUT2D eigenvalue weighted by Gasteiger charge is 2.29. The molecule has 0 aromatic carbocycles. The molecule has 0 aliphatic rings. The highest BCUT2D eigenvalue weighted by molar-refractivity contribution is 6.77. The molecule has 1 N–H and O–H groups in total. The van der Waals surface area contributed by atoms with Crippen LogP contribution in [-0.2, 0) is 9.59 Å². The minimum absolute atomic E-state index is 0.539. The van der Waals surface area contributed by atoms with Crippen molar-refractivity contribution in [1.82, 2.24) is 0 Å². The average molecular weight is 252 g/mol. The van der Waals surface area contributed by atoms with Crippen molar-refractivity contribution in [3.8, 4) is 0 Å². The Morgan fingerprint density at radius 1 is 1.25 bits per heavy atom. The molecule has 0 bridgehead atoms. The lowest BCUT2D eigenvalue weighted by Gasteiger charge is -2.04. The Morgan fingerprint density at radius 3 is 1.92 bits per heavy atom. The largest absolute Gasteiger partial charge is 0.477 e. The van der Waals surface area contributed by atoms with Crippen molar-refractivity contribution < 1.29 is 14.7 Å². The molecule has 0 radical (unpaired) electrons. The number of hydrogen-bond acceptors (Lipinski definition) is 2. The normalized spacial score (nSPS) is 12.8. The van der Waals surface area contributed by atoms with Gasteiger partial charge < -0.3 is 5.11 Å². The number of carbonyl (C=O) groups is 2. The van der Waals surface area contributed by atoms with Gasteiger partial charge in [-0.3, -0.25) is 4.79 Å². The third kappa shape index (κ3) is 4.16. The summed E-state index contributed by atoms with van der Waals surface area (Å²) < 4.78 is -2.17. The number of carbonyl (C=O) groups excluding carboxylic acids is 1. The molecular formula is C5H2Cl4O3. The minimum Gasteiger partial charge on any atom is -0.477 e. The van der Waals surface area contributed by atoms with Crippen LogP contribution in [0.5, 0.6) is 0 Å². The van der Waals surface area contributed by atoms with E-state index in [-0.39, 0.29) is 0 Å². The molecule has 0 aromatic heterocycles. The molecule has 0 saturated heterocycles. The molecule has 12 heavy (non-hydrogen) atoms. The highest BCUT2D eigenvalue weighted by Crippen LogP contribution is 2.28. The zero-order valence-corrected chi connectivity index (χ0v) is 8.38. The summed E-state index contributed by atoms with van der Waals surface area (Å²) in [6.45, 7) is 0. The van der Waals surface area contributed by atoms with E-state index in [1.165, 1.54) is 0 Å². The summed E-state index contributed by atoms with van der Waals surface area (Å²) in [5.41, 5.74) is 0. The molecule has 0 aliphatic carbocycles. The van der Waals surface area contributed by atoms with Crippen molar-refractivity contribution in [3.63, 3.8) is 0 Å². The predicted molar refractivity (Wildman–Crippen MR) is 46.9 cm³/mol. The van der Waals surface area contributed by atoms with Gasteiger partial charge in [0.25, 0.3) is 3.79 Å². The number of aliphatic carboxylic acids is 1. The highest BCUT2D eigenvalue weighted by atomic mass is 35.6. The van der Waals surface area contributed by atoms with Gasteiger partial charge in [0.2, 0.25) is 5.78 Å². The molecule has 0 rings (SSSR count). The van der Waals surface area contributed by atoms with Crippen LogP contribution in [0.1, 0.15) is 0 Å². The van der Waals surface area contributed by atoms with E-state index in [2.05, 4.69) is 0 Å². The van der Waals surface area contributed by atoms with Crippen molar-refractivity contribution in [3.05, 3.63) is 11.1 Å². The smallest absolute Gasteiger partial charge is 0.347 e. The van der Waals surface area contributed by atoms with Gasteiger partial charge in [-0.2, -0.15) is 0 Å². The molecule has 0 atom stereocenters. The number of carboxylic acids is 1. The second kappa shape index (κ2) is 4.33. The maximum atomic E-state index is 10.8. The molecule has 0 amide bonds. The van der Waals surface area contributed by atoms with E-state index < -0.39 is 20.6 Å². The summed E-state index contributed by atoms with van der Waals surface area (Å²) in [4.78, 5) is 20.8. The summed E-state index contributed by atoms with van der Waals surface area (Å²) in [5, 5.41) is 7.51. The molecule has 0 unspecified atom stereocenters. The Bertz CT molecular complexity index is 240. The maximum absolute atomic E-state index is 10.8. The van der Waals surface area contributed by atoms with Gasteiger partial charge in [-0.05, 0) is 0 Å². The first kappa shape index (κ1) is 12.0. The van der Waals surface area contributed by atoms with Gasteiger partial charge >= 0.3 is 5.97 Å². The van der Waals surface area contributed by atoms with Crippen molar-refractivity contribution >= 4 is 58.2 Å². The molecule has 68 valence electrons. The Labute approximate surface area is 87.8 Å². The zero-order chi connectivity index (χ0) is 9.94. The van der Waals surface area contributed by atoms with E-state index in [0.29, 0.717) is 6.08 Å². The topological polar surface area (TPSA) is 54.4 Å². The zero-order valence-electron chi connectivity index (χ0n) is 5.35. The summed E-state index contributed by atoms with van der Waals surface area (Å²) in [6.07, 6.45) is 0.539. The lowest BCUT2D eigenvalue weighted by atomic mass is 10.4. The molecule has 0 aromatic rings. The average Bonchev–Trinajstić information content (AvgIpc) is 1.85. The van der Waals surface area contributed by atoms with Gasteiger partial charge in [-0.25, -0.2) is 4.79 Å². The summed E-state index contributed by atoms with van der Waals surface area (Å²) >= 11 is 20.4. The maximum Gasteiger partial charge on any atom is 0.347 e. The number of rotatable bonds is 2. The number of carboxylic acid groups (broad SMARTS) is 1. The van der Waals surface area contributed by atoms with Crippen molar-refractivity contribution in [2.45, 2.75) is 3.79 Å². The van der Waals surface area contributed by atoms with Gasteiger partial charge in [0, 0.05) is 6.08 Å². The number of allylic oxidation sites excluding steroid dienone is 1. The van der Waals surface area contributed by atoms with E-state index in [1.54, 1.807) is 0 Å². The van der Waals surface area contributed by atoms with Crippen LogP contribution < -0.4 is 0 Å². The fourth-order valence-electron chi connectivity index (χ4n) is 0.259. The third-order valence-electron chi connectivity index (χ3n) is 0.742. The van der Waals surface area contributed by atoms with E-state index in [0.717, 1.165) is 0 Å². The Balaban J connectivity index is 4.57. The van der Waals surface area contributed by atoms with Crippen LogP contribution in [0, 0.1) is 0 Å². The summed E-state index contributed by atoms with van der Waals surface area (Å²) in [5.74, 6) is -2.46. The van der Waals surface area contributed by atoms with Crippen LogP contribution in [0.4, 0.5) is 0 Å². The van der Waals surface area contributed by atoms with Crippen LogP contribution in [0.3, 0.4) is 0 Å². The monoisotopic (exact) mass is 250 g/mol. The third-order valence-corrected chi connectivity index (χ3v) is 1.57. The molecule has 0 aliphatic heterocycles. The lowest BCUT2D eigenvalue weighted by molar-refractivity contribution is -0.132. The van der Waals surface area contributed by atoms with Gasteiger partial charge in [-0.1, -0.05) is 46.4 Å². The fourth-order valence-corrected chi connectivity index (χ4v) is 0.521. The number of ketones is 1. The van der Waals surface area contributed by atoms with Crippen molar-refractivity contribution in [2.24, 2.45) is 0 Å². The van der Waals surface area contributed by atoms with Crippen LogP contribution in [0.2, 0.25) is 0 Å². The van der Waals surface area contributed by atoms with Crippen molar-refractivity contribution in [2.75, 3.05) is 0 Å². The van der Waals surface area contributed by atoms with Crippen LogP contribution in [0.15, 0.2) is 11.1 Å². The van der Waals surface area contributed by atoms with Crippen molar-refractivity contribution in [1.29, 1.82) is 0 Å². The quantitative estimate of drug-likeness (QED) is 0.604. The second-order valence-electron chi connectivity index (χ2n) is 1.66. The first-order valence-electron chi connectivity index (χ1n) is 2.47. The molecule has 7 heteroatoms. The predicted octanol–water partition coefficient (Wildman–Crippen LogP) is 2.13. The molecule has 0 heterocycles. The van der Waals surface area contributed by atoms with E-state index in [4.69, 9.17) is 51.5 Å². The van der Waals surface area contributed by atoms with E-state index >= 15 is 0 Å². The van der Waals surface area contributed by atoms with Gasteiger partial charge in [0.15, 0.2) is 0 Å². The van der Waals surface area contributed by atoms with Crippen LogP contribution >= 0.6 is 46.4 Å². The van der Waals surface area contributed by atoms with E-state index in [9.17, 15) is 9.59 Å². The Hall–Kier alpha value is 0.0400. The second-order valence-corrected chi connectivity index (χ2v) is 4.35. The van der Waals surface area contributed by atoms with Gasteiger partial charge in [-0.15, -0.1) is 0 Å². The SMILES string of the molecule is O=C(O)C(Cl)=CC(=O)C(Cl)(Cl)Cl. The van der Waals surface area contributed by atoms with E-state index in [1.807, 2.05) is 0 Å². The molecule has 0 fully saturated rings. The number of alkyl halides is 3. The van der Waals surface area contributed by atoms with Gasteiger partial charge in [0.05, 0.1) is 0 Å². The molecule has 3 nitrogen and oxygen atoms in total. The van der Waals surface area contributed by atoms with Crippen LogP contribution in [-0.4, -0.2) is 20.7 Å². The summed E-state index contributed by atoms with van der Waals surface area (Å²) in [6, 6.07) is 0. The number of hydrogen-bond donors (Lipinski definition) is 1. The first-order valence-corrected chi connectivity index (χ1v) is 3.98. The molecule has 0 spiro atoms. The number of halogens is 4. The van der Waals surface area contributed by atoms with Gasteiger partial charge in [0.1, 0.15) is 5.03 Å².